The number of hydrogen-bond donors (Lipinski definition) is 1. The highest BCUT2D eigenvalue weighted by Gasteiger charge is 2.56. The second-order valence-electron chi connectivity index (χ2n) is 6.53. The molecule has 122 valence electrons. The van der Waals surface area contributed by atoms with Crippen LogP contribution in [0.4, 0.5) is 13.2 Å². The molecule has 4 nitrogen and oxygen atoms in total. The molecule has 0 heterocycles. The van der Waals surface area contributed by atoms with Gasteiger partial charge < -0.3 is 4.74 Å². The van der Waals surface area contributed by atoms with Gasteiger partial charge in [0.05, 0.1) is 12.7 Å². The van der Waals surface area contributed by atoms with Gasteiger partial charge in [-0.3, -0.25) is 4.55 Å². The summed E-state index contributed by atoms with van der Waals surface area (Å²) in [5, 5.41) is -4.82. The third kappa shape index (κ3) is 2.49. The summed E-state index contributed by atoms with van der Waals surface area (Å²) in [6.45, 7) is -1.00. The van der Waals surface area contributed by atoms with Gasteiger partial charge >= 0.3 is 15.4 Å². The Morgan fingerprint density at radius 2 is 1.86 bits per heavy atom. The van der Waals surface area contributed by atoms with E-state index in [1.807, 2.05) is 0 Å². The van der Waals surface area contributed by atoms with Gasteiger partial charge in [0.2, 0.25) is 6.17 Å². The lowest BCUT2D eigenvalue weighted by Gasteiger charge is -2.32. The fraction of sp³-hybridized carbons (Fsp3) is 1.00. The first-order valence-corrected chi connectivity index (χ1v) is 8.76. The van der Waals surface area contributed by atoms with Gasteiger partial charge in [-0.05, 0) is 49.4 Å². The largest absolute Gasteiger partial charge is 0.402 e. The Morgan fingerprint density at radius 1 is 1.19 bits per heavy atom. The summed E-state index contributed by atoms with van der Waals surface area (Å²) in [5.74, 6) is 2.07. The van der Waals surface area contributed by atoms with Crippen molar-refractivity contribution in [2.24, 2.45) is 23.7 Å². The molecule has 3 rings (SSSR count). The van der Waals surface area contributed by atoms with Crippen LogP contribution in [0.25, 0.3) is 0 Å². The Labute approximate surface area is 121 Å². The Kier molecular flexibility index (Phi) is 3.77. The molecule has 0 aromatic carbocycles. The molecule has 0 spiro atoms. The fourth-order valence-electron chi connectivity index (χ4n) is 4.66. The molecule has 8 heteroatoms. The van der Waals surface area contributed by atoms with Crippen LogP contribution < -0.4 is 0 Å². The number of ether oxygens (including phenoxy) is 1. The Balaban J connectivity index is 1.57. The highest BCUT2D eigenvalue weighted by atomic mass is 32.2. The van der Waals surface area contributed by atoms with E-state index in [9.17, 15) is 21.6 Å². The van der Waals surface area contributed by atoms with Gasteiger partial charge in [-0.25, -0.2) is 4.39 Å². The van der Waals surface area contributed by atoms with Crippen molar-refractivity contribution in [3.8, 4) is 0 Å². The van der Waals surface area contributed by atoms with E-state index in [1.54, 1.807) is 0 Å². The third-order valence-corrected chi connectivity index (χ3v) is 6.48. The highest BCUT2D eigenvalue weighted by Crippen LogP contribution is 2.59. The second kappa shape index (κ2) is 5.09. The Bertz CT molecular complexity index is 510. The molecule has 0 amide bonds. The van der Waals surface area contributed by atoms with Crippen molar-refractivity contribution in [2.75, 3.05) is 6.61 Å². The molecule has 3 saturated carbocycles. The maximum atomic E-state index is 13.4. The van der Waals surface area contributed by atoms with Crippen LogP contribution in [-0.4, -0.2) is 37.1 Å². The molecule has 1 N–H and O–H groups in total. The lowest BCUT2D eigenvalue weighted by molar-refractivity contribution is -0.0823. The molecule has 21 heavy (non-hydrogen) atoms. The van der Waals surface area contributed by atoms with Crippen molar-refractivity contribution >= 4 is 10.1 Å². The van der Waals surface area contributed by atoms with Crippen molar-refractivity contribution in [2.45, 2.75) is 49.6 Å². The minimum absolute atomic E-state index is 0.259. The van der Waals surface area contributed by atoms with Gasteiger partial charge in [0.25, 0.3) is 0 Å². The molecule has 2 bridgehead atoms. The summed E-state index contributed by atoms with van der Waals surface area (Å²) in [7, 11) is -5.76. The van der Waals surface area contributed by atoms with E-state index in [2.05, 4.69) is 0 Å². The Morgan fingerprint density at radius 3 is 2.52 bits per heavy atom. The molecular weight excluding hydrogens is 309 g/mol. The van der Waals surface area contributed by atoms with E-state index in [1.165, 1.54) is 12.8 Å². The molecular formula is C13H19F3O4S. The first-order valence-electron chi connectivity index (χ1n) is 7.32. The van der Waals surface area contributed by atoms with Crippen molar-refractivity contribution in [3.05, 3.63) is 0 Å². The number of rotatable bonds is 5. The van der Waals surface area contributed by atoms with Crippen molar-refractivity contribution in [1.29, 1.82) is 0 Å². The number of halogens is 3. The first-order chi connectivity index (χ1) is 9.72. The molecule has 3 aliphatic rings. The molecule has 6 atom stereocenters. The standard InChI is InChI=1S/C13H19F3O4S/c14-12(13(15,16)21(17,18)19)6-20-11-5-7-4-10(11)9-3-1-2-8(7)9/h7-12H,1-6H2,(H,17,18,19). The van der Waals surface area contributed by atoms with Crippen LogP contribution in [0, 0.1) is 23.7 Å². The molecule has 0 saturated heterocycles. The minimum atomic E-state index is -5.76. The fourth-order valence-corrected chi connectivity index (χ4v) is 5.05. The van der Waals surface area contributed by atoms with Crippen LogP contribution in [0.5, 0.6) is 0 Å². The number of alkyl halides is 3. The summed E-state index contributed by atoms with van der Waals surface area (Å²) in [6, 6.07) is 0. The van der Waals surface area contributed by atoms with Gasteiger partial charge in [0.1, 0.15) is 0 Å². The van der Waals surface area contributed by atoms with E-state index in [4.69, 9.17) is 9.29 Å². The zero-order valence-corrected chi connectivity index (χ0v) is 12.2. The Hall–Kier alpha value is -0.340. The van der Waals surface area contributed by atoms with E-state index in [0.717, 1.165) is 19.3 Å². The van der Waals surface area contributed by atoms with Crippen molar-refractivity contribution in [1.82, 2.24) is 0 Å². The van der Waals surface area contributed by atoms with Crippen molar-refractivity contribution < 1.29 is 30.9 Å². The van der Waals surface area contributed by atoms with Gasteiger partial charge in [-0.2, -0.15) is 17.2 Å². The molecule has 3 fully saturated rings. The monoisotopic (exact) mass is 328 g/mol. The average Bonchev–Trinajstić information content (AvgIpc) is 3.05. The quantitative estimate of drug-likeness (QED) is 0.788. The van der Waals surface area contributed by atoms with E-state index >= 15 is 0 Å². The van der Waals surface area contributed by atoms with Crippen LogP contribution in [0.15, 0.2) is 0 Å². The summed E-state index contributed by atoms with van der Waals surface area (Å²) in [6.07, 6.45) is 1.95. The lowest BCUT2D eigenvalue weighted by atomic mass is 9.80. The van der Waals surface area contributed by atoms with Gasteiger partial charge in [-0.15, -0.1) is 0 Å². The maximum absolute atomic E-state index is 13.4. The van der Waals surface area contributed by atoms with Crippen LogP contribution >= 0.6 is 0 Å². The maximum Gasteiger partial charge on any atom is 0.402 e. The summed E-state index contributed by atoms with van der Waals surface area (Å²) < 4.78 is 74.2. The normalized spacial score (nSPS) is 40.5. The van der Waals surface area contributed by atoms with Gasteiger partial charge in [-0.1, -0.05) is 6.42 Å². The second-order valence-corrected chi connectivity index (χ2v) is 8.02. The lowest BCUT2D eigenvalue weighted by Crippen LogP contribution is -2.42. The smallest absolute Gasteiger partial charge is 0.375 e. The van der Waals surface area contributed by atoms with E-state index in [-0.39, 0.29) is 12.0 Å². The molecule has 0 aromatic rings. The summed E-state index contributed by atoms with van der Waals surface area (Å²) in [5.41, 5.74) is 0. The van der Waals surface area contributed by atoms with Crippen LogP contribution in [0.1, 0.15) is 32.1 Å². The van der Waals surface area contributed by atoms with Crippen LogP contribution in [0.2, 0.25) is 0 Å². The predicted octanol–water partition coefficient (Wildman–Crippen LogP) is 2.65. The third-order valence-electron chi connectivity index (χ3n) is 5.53. The zero-order chi connectivity index (χ0) is 15.4. The summed E-state index contributed by atoms with van der Waals surface area (Å²) in [4.78, 5) is 0. The van der Waals surface area contributed by atoms with Gasteiger partial charge in [0, 0.05) is 0 Å². The van der Waals surface area contributed by atoms with Gasteiger partial charge in [0.15, 0.2) is 0 Å². The molecule has 0 aromatic heterocycles. The first kappa shape index (κ1) is 15.6. The van der Waals surface area contributed by atoms with Crippen LogP contribution in [-0.2, 0) is 14.9 Å². The number of fused-ring (bicyclic) bond motifs is 5. The minimum Gasteiger partial charge on any atom is -0.375 e. The SMILES string of the molecule is O=S(=O)(O)C(F)(F)C(F)COC1CC2CC1C1CCCC21. The highest BCUT2D eigenvalue weighted by molar-refractivity contribution is 7.86. The van der Waals surface area contributed by atoms with Crippen molar-refractivity contribution in [3.63, 3.8) is 0 Å². The molecule has 0 radical (unpaired) electrons. The summed E-state index contributed by atoms with van der Waals surface area (Å²) >= 11 is 0. The number of hydrogen-bond acceptors (Lipinski definition) is 3. The molecule has 3 aliphatic carbocycles. The molecule has 0 aliphatic heterocycles. The van der Waals surface area contributed by atoms with E-state index < -0.39 is 28.2 Å². The average molecular weight is 328 g/mol. The topological polar surface area (TPSA) is 63.6 Å². The van der Waals surface area contributed by atoms with E-state index in [0.29, 0.717) is 17.8 Å². The molecule has 6 unspecified atom stereocenters. The van der Waals surface area contributed by atoms with Crippen LogP contribution in [0.3, 0.4) is 0 Å². The predicted molar refractivity (Wildman–Crippen MR) is 68.2 cm³/mol. The zero-order valence-electron chi connectivity index (χ0n) is 11.4.